The Morgan fingerprint density at radius 2 is 1.92 bits per heavy atom. The Kier molecular flexibility index (Phi) is 5.51. The lowest BCUT2D eigenvalue weighted by Crippen LogP contribution is -2.30. The quantitative estimate of drug-likeness (QED) is 0.591. The molecule has 1 aromatic carbocycles. The standard InChI is InChI=1S/C16H19N3O3S2/c1-5-10-19-15(20)14(11-18(3)4)23-16(19)17-24(21,22)13-8-6-12(2)7-9-13/h5-9,11H,1,10H2,2-4H3/b14-11+,17-16+. The van der Waals surface area contributed by atoms with Gasteiger partial charge >= 0.3 is 0 Å². The van der Waals surface area contributed by atoms with E-state index in [0.717, 1.165) is 17.3 Å². The van der Waals surface area contributed by atoms with Crippen LogP contribution in [-0.4, -0.2) is 49.9 Å². The van der Waals surface area contributed by atoms with E-state index in [-0.39, 0.29) is 22.5 Å². The molecule has 128 valence electrons. The number of rotatable bonds is 5. The highest BCUT2D eigenvalue weighted by Crippen LogP contribution is 2.32. The van der Waals surface area contributed by atoms with Crippen LogP contribution in [0.3, 0.4) is 0 Å². The highest BCUT2D eigenvalue weighted by atomic mass is 32.2. The van der Waals surface area contributed by atoms with Gasteiger partial charge < -0.3 is 4.90 Å². The molecule has 0 spiro atoms. The molecule has 0 atom stereocenters. The van der Waals surface area contributed by atoms with Crippen LogP contribution < -0.4 is 0 Å². The number of nitrogens with zero attached hydrogens (tertiary/aromatic N) is 3. The summed E-state index contributed by atoms with van der Waals surface area (Å²) in [6.45, 7) is 5.67. The molecule has 6 nitrogen and oxygen atoms in total. The molecule has 1 aromatic rings. The van der Waals surface area contributed by atoms with Crippen molar-refractivity contribution in [3.63, 3.8) is 0 Å². The van der Waals surface area contributed by atoms with Crippen molar-refractivity contribution in [2.45, 2.75) is 11.8 Å². The van der Waals surface area contributed by atoms with Crippen LogP contribution >= 0.6 is 11.8 Å². The summed E-state index contributed by atoms with van der Waals surface area (Å²) in [5.74, 6) is -0.286. The highest BCUT2D eigenvalue weighted by Gasteiger charge is 2.34. The Hall–Kier alpha value is -2.06. The number of carbonyl (C=O) groups excluding carboxylic acids is 1. The number of aryl methyl sites for hydroxylation is 1. The Labute approximate surface area is 146 Å². The molecular formula is C16H19N3O3S2. The van der Waals surface area contributed by atoms with E-state index in [0.29, 0.717) is 4.91 Å². The maximum absolute atomic E-state index is 12.5. The number of sulfonamides is 1. The van der Waals surface area contributed by atoms with Gasteiger partial charge in [0.25, 0.3) is 15.9 Å². The number of amidine groups is 1. The van der Waals surface area contributed by atoms with Crippen LogP contribution in [0.15, 0.2) is 57.3 Å². The molecule has 0 radical (unpaired) electrons. The van der Waals surface area contributed by atoms with Crippen molar-refractivity contribution < 1.29 is 13.2 Å². The molecule has 1 saturated heterocycles. The van der Waals surface area contributed by atoms with Crippen molar-refractivity contribution in [1.82, 2.24) is 9.80 Å². The van der Waals surface area contributed by atoms with E-state index in [1.807, 2.05) is 6.92 Å². The van der Waals surface area contributed by atoms with Gasteiger partial charge in [-0.25, -0.2) is 0 Å². The third-order valence-corrected chi connectivity index (χ3v) is 5.48. The van der Waals surface area contributed by atoms with E-state index in [1.54, 1.807) is 37.3 Å². The first-order chi connectivity index (χ1) is 11.2. The van der Waals surface area contributed by atoms with Gasteiger partial charge in [0, 0.05) is 26.8 Å². The average Bonchev–Trinajstić information content (AvgIpc) is 2.75. The zero-order chi connectivity index (χ0) is 17.9. The van der Waals surface area contributed by atoms with Crippen molar-refractivity contribution in [3.8, 4) is 0 Å². The van der Waals surface area contributed by atoms with Crippen LogP contribution in [0, 0.1) is 6.92 Å². The van der Waals surface area contributed by atoms with Crippen molar-refractivity contribution in [2.24, 2.45) is 4.40 Å². The minimum Gasteiger partial charge on any atom is -0.382 e. The van der Waals surface area contributed by atoms with E-state index in [1.165, 1.54) is 23.1 Å². The number of amides is 1. The van der Waals surface area contributed by atoms with Crippen LogP contribution in [0.2, 0.25) is 0 Å². The summed E-state index contributed by atoms with van der Waals surface area (Å²) in [5, 5.41) is 0.133. The molecule has 1 aliphatic rings. The lowest BCUT2D eigenvalue weighted by atomic mass is 10.2. The molecule has 0 aliphatic carbocycles. The first-order valence-electron chi connectivity index (χ1n) is 7.15. The Morgan fingerprint density at radius 1 is 1.29 bits per heavy atom. The average molecular weight is 365 g/mol. The maximum atomic E-state index is 12.5. The van der Waals surface area contributed by atoms with E-state index < -0.39 is 10.0 Å². The minimum absolute atomic E-state index is 0.0947. The fraction of sp³-hybridized carbons (Fsp3) is 0.250. The predicted molar refractivity (Wildman–Crippen MR) is 97.1 cm³/mol. The first-order valence-corrected chi connectivity index (χ1v) is 9.41. The lowest BCUT2D eigenvalue weighted by molar-refractivity contribution is -0.121. The molecule has 1 fully saturated rings. The van der Waals surface area contributed by atoms with Gasteiger partial charge in [0.2, 0.25) is 0 Å². The molecule has 0 bridgehead atoms. The predicted octanol–water partition coefficient (Wildman–Crippen LogP) is 2.20. The third kappa shape index (κ3) is 4.07. The molecule has 24 heavy (non-hydrogen) atoms. The number of hydrogen-bond donors (Lipinski definition) is 0. The van der Waals surface area contributed by atoms with Crippen molar-refractivity contribution >= 4 is 32.9 Å². The second-order valence-corrected chi connectivity index (χ2v) is 8.04. The van der Waals surface area contributed by atoms with Crippen molar-refractivity contribution in [3.05, 3.63) is 53.6 Å². The Morgan fingerprint density at radius 3 is 2.46 bits per heavy atom. The van der Waals surface area contributed by atoms with Gasteiger partial charge in [-0.2, -0.15) is 8.42 Å². The van der Waals surface area contributed by atoms with E-state index in [2.05, 4.69) is 11.0 Å². The third-order valence-electron chi connectivity index (χ3n) is 3.09. The summed E-state index contributed by atoms with van der Waals surface area (Å²) in [6, 6.07) is 6.42. The van der Waals surface area contributed by atoms with E-state index in [9.17, 15) is 13.2 Å². The highest BCUT2D eigenvalue weighted by molar-refractivity contribution is 8.19. The van der Waals surface area contributed by atoms with Crippen LogP contribution in [0.1, 0.15) is 5.56 Å². The molecule has 1 amide bonds. The largest absolute Gasteiger partial charge is 0.382 e. The molecule has 0 aromatic heterocycles. The van der Waals surface area contributed by atoms with Gasteiger partial charge in [0.1, 0.15) is 0 Å². The van der Waals surface area contributed by atoms with Crippen LogP contribution in [0.25, 0.3) is 0 Å². The topological polar surface area (TPSA) is 70.1 Å². The molecule has 1 heterocycles. The summed E-state index contributed by atoms with van der Waals surface area (Å²) in [6.07, 6.45) is 3.18. The van der Waals surface area contributed by atoms with Gasteiger partial charge in [-0.3, -0.25) is 9.69 Å². The van der Waals surface area contributed by atoms with Crippen LogP contribution in [0.5, 0.6) is 0 Å². The summed E-state index contributed by atoms with van der Waals surface area (Å²) in [5.41, 5.74) is 0.955. The smallest absolute Gasteiger partial charge is 0.284 e. The number of benzene rings is 1. The zero-order valence-corrected chi connectivity index (χ0v) is 15.4. The van der Waals surface area contributed by atoms with Gasteiger partial charge in [-0.05, 0) is 30.8 Å². The molecule has 0 saturated carbocycles. The van der Waals surface area contributed by atoms with Crippen LogP contribution in [0.4, 0.5) is 0 Å². The molecule has 8 heteroatoms. The SMILES string of the molecule is C=CCN1C(=O)/C(=C\N(C)C)S/C1=N/S(=O)(=O)c1ccc(C)cc1. The van der Waals surface area contributed by atoms with Gasteiger partial charge in [-0.15, -0.1) is 11.0 Å². The molecule has 0 N–H and O–H groups in total. The Bertz CT molecular complexity index is 809. The molecule has 2 rings (SSSR count). The molecule has 1 aliphatic heterocycles. The summed E-state index contributed by atoms with van der Waals surface area (Å²) >= 11 is 1.04. The number of hydrogen-bond acceptors (Lipinski definition) is 5. The second-order valence-electron chi connectivity index (χ2n) is 5.43. The van der Waals surface area contributed by atoms with Gasteiger partial charge in [-0.1, -0.05) is 23.8 Å². The minimum atomic E-state index is -3.89. The summed E-state index contributed by atoms with van der Waals surface area (Å²) in [7, 11) is -0.312. The van der Waals surface area contributed by atoms with Gasteiger partial charge in [0.05, 0.1) is 9.80 Å². The zero-order valence-electron chi connectivity index (χ0n) is 13.8. The number of thioether (sulfide) groups is 1. The number of carbonyl (C=O) groups is 1. The normalized spacial score (nSPS) is 18.5. The molecular weight excluding hydrogens is 346 g/mol. The van der Waals surface area contributed by atoms with E-state index >= 15 is 0 Å². The summed E-state index contributed by atoms with van der Waals surface area (Å²) in [4.78, 5) is 15.9. The first kappa shape index (κ1) is 18.3. The second kappa shape index (κ2) is 7.23. The fourth-order valence-electron chi connectivity index (χ4n) is 1.96. The molecule has 0 unspecified atom stereocenters. The van der Waals surface area contributed by atoms with E-state index in [4.69, 9.17) is 0 Å². The van der Waals surface area contributed by atoms with Crippen LogP contribution in [-0.2, 0) is 14.8 Å². The monoisotopic (exact) mass is 365 g/mol. The van der Waals surface area contributed by atoms with Crippen molar-refractivity contribution in [2.75, 3.05) is 20.6 Å². The fourth-order valence-corrected chi connectivity index (χ4v) is 4.22. The summed E-state index contributed by atoms with van der Waals surface area (Å²) < 4.78 is 28.8. The maximum Gasteiger partial charge on any atom is 0.284 e. The van der Waals surface area contributed by atoms with Crippen molar-refractivity contribution in [1.29, 1.82) is 0 Å². The van der Waals surface area contributed by atoms with Gasteiger partial charge in [0.15, 0.2) is 5.17 Å². The Balaban J connectivity index is 2.43. The lowest BCUT2D eigenvalue weighted by Gasteiger charge is -2.12.